The maximum absolute atomic E-state index is 12.5. The van der Waals surface area contributed by atoms with Crippen LogP contribution in [0.15, 0.2) is 0 Å². The molecule has 0 spiro atoms. The Hall–Kier alpha value is -3.67. The summed E-state index contributed by atoms with van der Waals surface area (Å²) in [6, 6.07) is -7.27. The summed E-state index contributed by atoms with van der Waals surface area (Å²) in [7, 11) is 0. The number of aldehydes is 1. The van der Waals surface area contributed by atoms with Gasteiger partial charge in [0.15, 0.2) is 0 Å². The molecule has 210 valence electrons. The number of nitrogens with two attached hydrogens (primary N) is 1. The molecular formula is C20H34N6O11. The first-order valence-electron chi connectivity index (χ1n) is 11.1. The minimum Gasteiger partial charge on any atom is -0.481 e. The van der Waals surface area contributed by atoms with E-state index in [9.17, 15) is 48.9 Å². The number of amides is 5. The van der Waals surface area contributed by atoms with Crippen molar-refractivity contribution in [1.29, 1.82) is 0 Å². The molecule has 0 fully saturated rings. The fourth-order valence-electron chi connectivity index (χ4n) is 2.67. The van der Waals surface area contributed by atoms with Crippen molar-refractivity contribution in [3.05, 3.63) is 0 Å². The molecule has 0 unspecified atom stereocenters. The first kappa shape index (κ1) is 33.3. The van der Waals surface area contributed by atoms with Crippen LogP contribution >= 0.6 is 0 Å². The Balaban J connectivity index is 5.11. The second-order valence-corrected chi connectivity index (χ2v) is 7.90. The number of carboxylic acid groups (broad SMARTS) is 1. The van der Waals surface area contributed by atoms with E-state index >= 15 is 0 Å². The molecule has 0 aromatic rings. The summed E-state index contributed by atoms with van der Waals surface area (Å²) < 4.78 is 0. The Morgan fingerprint density at radius 3 is 1.84 bits per heavy atom. The smallest absolute Gasteiger partial charge is 0.303 e. The average molecular weight is 535 g/mol. The second kappa shape index (κ2) is 16.9. The number of rotatable bonds is 17. The molecular weight excluding hydrogens is 500 g/mol. The van der Waals surface area contributed by atoms with Crippen LogP contribution < -0.4 is 32.3 Å². The van der Waals surface area contributed by atoms with E-state index in [4.69, 9.17) is 10.8 Å². The Kier molecular flexibility index (Phi) is 15.2. The molecule has 0 aliphatic carbocycles. The lowest BCUT2D eigenvalue weighted by molar-refractivity contribution is -0.137. The summed E-state index contributed by atoms with van der Waals surface area (Å²) >= 11 is 0. The van der Waals surface area contributed by atoms with Crippen molar-refractivity contribution in [1.82, 2.24) is 26.6 Å². The number of nitrogens with one attached hydrogen (secondary N) is 5. The normalized spacial score (nSPS) is 15.5. The lowest BCUT2D eigenvalue weighted by Crippen LogP contribution is -2.61. The molecule has 17 nitrogen and oxygen atoms in total. The maximum atomic E-state index is 12.5. The van der Waals surface area contributed by atoms with Gasteiger partial charge in [-0.3, -0.25) is 28.8 Å². The minimum atomic E-state index is -1.62. The summed E-state index contributed by atoms with van der Waals surface area (Å²) in [6.07, 6.45) is -1.73. The highest BCUT2D eigenvalue weighted by Crippen LogP contribution is 1.99. The number of hydrogen-bond donors (Lipinski definition) is 10. The summed E-state index contributed by atoms with van der Waals surface area (Å²) in [4.78, 5) is 82.2. The zero-order valence-electron chi connectivity index (χ0n) is 20.3. The Morgan fingerprint density at radius 2 is 1.35 bits per heavy atom. The Morgan fingerprint density at radius 1 is 0.811 bits per heavy atom. The molecule has 5 amide bonds. The monoisotopic (exact) mass is 534 g/mol. The summed E-state index contributed by atoms with van der Waals surface area (Å²) in [6.45, 7) is 0.243. The van der Waals surface area contributed by atoms with Gasteiger partial charge < -0.3 is 57.5 Å². The molecule has 0 aliphatic rings. The van der Waals surface area contributed by atoms with Gasteiger partial charge in [0.25, 0.3) is 0 Å². The molecule has 0 aliphatic heterocycles. The minimum absolute atomic E-state index is 0.224. The molecule has 11 N–H and O–H groups in total. The van der Waals surface area contributed by atoms with Crippen molar-refractivity contribution in [2.24, 2.45) is 5.73 Å². The van der Waals surface area contributed by atoms with Crippen molar-refractivity contribution in [3.63, 3.8) is 0 Å². The number of carboxylic acids is 1. The maximum Gasteiger partial charge on any atom is 0.303 e. The van der Waals surface area contributed by atoms with Crippen molar-refractivity contribution in [2.45, 2.75) is 63.0 Å². The van der Waals surface area contributed by atoms with Crippen LogP contribution in [0.5, 0.6) is 0 Å². The van der Waals surface area contributed by atoms with Gasteiger partial charge in [0.05, 0.1) is 31.9 Å². The van der Waals surface area contributed by atoms with E-state index in [1.807, 2.05) is 0 Å². The molecule has 0 radical (unpaired) electrons. The van der Waals surface area contributed by atoms with Crippen LogP contribution in [-0.4, -0.2) is 118 Å². The molecule has 17 heteroatoms. The Bertz CT molecular complexity index is 838. The molecule has 6 atom stereocenters. The van der Waals surface area contributed by atoms with Gasteiger partial charge in [-0.05, 0) is 20.3 Å². The molecule has 0 aromatic heterocycles. The molecule has 0 saturated carbocycles. The van der Waals surface area contributed by atoms with Gasteiger partial charge in [0.1, 0.15) is 30.5 Å². The third-order valence-electron chi connectivity index (χ3n) is 4.81. The van der Waals surface area contributed by atoms with E-state index in [0.29, 0.717) is 6.29 Å². The van der Waals surface area contributed by atoms with Crippen molar-refractivity contribution in [3.8, 4) is 0 Å². The van der Waals surface area contributed by atoms with Gasteiger partial charge in [-0.2, -0.15) is 0 Å². The van der Waals surface area contributed by atoms with Gasteiger partial charge in [0, 0.05) is 6.42 Å². The fraction of sp³-hybridized carbons (Fsp3) is 0.650. The van der Waals surface area contributed by atoms with Gasteiger partial charge in [-0.15, -0.1) is 0 Å². The van der Waals surface area contributed by atoms with Crippen LogP contribution in [0.25, 0.3) is 0 Å². The Labute approximate surface area is 211 Å². The van der Waals surface area contributed by atoms with Crippen molar-refractivity contribution in [2.75, 3.05) is 19.8 Å². The molecule has 0 bridgehead atoms. The lowest BCUT2D eigenvalue weighted by Gasteiger charge is -2.26. The van der Waals surface area contributed by atoms with E-state index in [2.05, 4.69) is 26.6 Å². The molecule has 0 rings (SSSR count). The average Bonchev–Trinajstić information content (AvgIpc) is 2.84. The molecule has 0 aromatic carbocycles. The zero-order valence-corrected chi connectivity index (χ0v) is 20.3. The summed E-state index contributed by atoms with van der Waals surface area (Å²) in [5, 5.41) is 48.0. The number of carbonyl (C=O) groups is 7. The van der Waals surface area contributed by atoms with Gasteiger partial charge in [0.2, 0.25) is 29.5 Å². The number of aliphatic carboxylic acids is 1. The summed E-state index contributed by atoms with van der Waals surface area (Å²) in [5.41, 5.74) is 5.55. The highest BCUT2D eigenvalue weighted by atomic mass is 16.4. The molecule has 37 heavy (non-hydrogen) atoms. The van der Waals surface area contributed by atoms with Crippen LogP contribution in [0.1, 0.15) is 26.7 Å². The SMILES string of the molecule is C[C@H](NC(=O)[C@H](CO)NC(=O)[C@@H](N)CCC(=O)O)C(=O)N[C@H](C(=O)N[C@@H](CO)C(=O)NCC=O)[C@@H](C)O. The van der Waals surface area contributed by atoms with Crippen LogP contribution in [-0.2, 0) is 33.6 Å². The van der Waals surface area contributed by atoms with E-state index in [-0.39, 0.29) is 13.0 Å². The second-order valence-electron chi connectivity index (χ2n) is 7.90. The highest BCUT2D eigenvalue weighted by Gasteiger charge is 2.32. The van der Waals surface area contributed by atoms with E-state index in [1.165, 1.54) is 6.92 Å². The molecule has 0 saturated heterocycles. The third-order valence-corrected chi connectivity index (χ3v) is 4.81. The van der Waals surface area contributed by atoms with Crippen LogP contribution in [0.3, 0.4) is 0 Å². The van der Waals surface area contributed by atoms with Crippen LogP contribution in [0.2, 0.25) is 0 Å². The largest absolute Gasteiger partial charge is 0.481 e. The number of carbonyl (C=O) groups excluding carboxylic acids is 6. The third kappa shape index (κ3) is 12.2. The van der Waals surface area contributed by atoms with E-state index in [0.717, 1.165) is 6.92 Å². The first-order valence-corrected chi connectivity index (χ1v) is 11.1. The topological polar surface area (TPSA) is 287 Å². The van der Waals surface area contributed by atoms with Crippen molar-refractivity contribution >= 4 is 41.8 Å². The number of aliphatic hydroxyl groups is 3. The first-order chi connectivity index (χ1) is 17.3. The lowest BCUT2D eigenvalue weighted by atomic mass is 10.1. The number of aliphatic hydroxyl groups excluding tert-OH is 3. The van der Waals surface area contributed by atoms with Crippen LogP contribution in [0.4, 0.5) is 0 Å². The van der Waals surface area contributed by atoms with E-state index in [1.54, 1.807) is 0 Å². The van der Waals surface area contributed by atoms with Crippen molar-refractivity contribution < 1.29 is 54.0 Å². The van der Waals surface area contributed by atoms with Gasteiger partial charge >= 0.3 is 5.97 Å². The summed E-state index contributed by atoms with van der Waals surface area (Å²) in [5.74, 6) is -6.02. The predicted octanol–water partition coefficient (Wildman–Crippen LogP) is -6.18. The van der Waals surface area contributed by atoms with Gasteiger partial charge in [-0.25, -0.2) is 0 Å². The fourth-order valence-corrected chi connectivity index (χ4v) is 2.67. The predicted molar refractivity (Wildman–Crippen MR) is 123 cm³/mol. The standard InChI is InChI=1S/C20H34N6O11/c1-9(23-19(36)13(8-29)24-17(34)11(21)3-4-14(31)32)16(33)26-15(10(2)30)20(37)25-12(7-28)18(35)22-5-6-27/h6,9-13,15,28-30H,3-5,7-8,21H2,1-2H3,(H,22,35)(H,23,36)(H,24,34)(H,25,37)(H,26,33)(H,31,32)/t9-,10+,11-,12-,13-,15-/m0/s1. The zero-order chi connectivity index (χ0) is 28.7. The van der Waals surface area contributed by atoms with Crippen LogP contribution in [0, 0.1) is 0 Å². The quantitative estimate of drug-likeness (QED) is 0.0780. The molecule has 0 heterocycles. The number of hydrogen-bond acceptors (Lipinski definition) is 11. The van der Waals surface area contributed by atoms with E-state index < -0.39 is 91.5 Å². The van der Waals surface area contributed by atoms with Gasteiger partial charge in [-0.1, -0.05) is 0 Å². The highest BCUT2D eigenvalue weighted by molar-refractivity contribution is 5.96.